The van der Waals surface area contributed by atoms with E-state index >= 15 is 0 Å². The molecular formula is C16H27N3O. The van der Waals surface area contributed by atoms with Gasteiger partial charge in [-0.2, -0.15) is 0 Å². The third-order valence-corrected chi connectivity index (χ3v) is 3.19. The number of nitrogens with two attached hydrogens (primary N) is 1. The highest BCUT2D eigenvalue weighted by Crippen LogP contribution is 2.14. The normalized spacial score (nSPS) is 11.4. The Bertz CT molecular complexity index is 429. The first kappa shape index (κ1) is 16.7. The number of para-hydroxylation sites is 1. The Morgan fingerprint density at radius 1 is 1.25 bits per heavy atom. The zero-order chi connectivity index (χ0) is 15.1. The summed E-state index contributed by atoms with van der Waals surface area (Å²) in [6, 6.07) is 8.01. The smallest absolute Gasteiger partial charge is 0.238 e. The van der Waals surface area contributed by atoms with Crippen LogP contribution in [0.2, 0.25) is 0 Å². The molecule has 0 fully saturated rings. The van der Waals surface area contributed by atoms with E-state index < -0.39 is 0 Å². The summed E-state index contributed by atoms with van der Waals surface area (Å²) in [6.07, 6.45) is 0. The van der Waals surface area contributed by atoms with Gasteiger partial charge in [0.25, 0.3) is 0 Å². The van der Waals surface area contributed by atoms with Crippen molar-refractivity contribution in [2.24, 2.45) is 11.7 Å². The van der Waals surface area contributed by atoms with Crippen LogP contribution in [0.4, 0.5) is 5.69 Å². The highest BCUT2D eigenvalue weighted by atomic mass is 16.2. The van der Waals surface area contributed by atoms with Gasteiger partial charge >= 0.3 is 0 Å². The van der Waals surface area contributed by atoms with E-state index in [0.717, 1.165) is 17.8 Å². The van der Waals surface area contributed by atoms with Crippen LogP contribution in [0.3, 0.4) is 0 Å². The monoisotopic (exact) mass is 277 g/mol. The third-order valence-electron chi connectivity index (χ3n) is 3.19. The largest absolute Gasteiger partial charge is 0.326 e. The molecule has 0 atom stereocenters. The molecule has 1 aromatic rings. The molecule has 0 spiro atoms. The molecule has 0 heterocycles. The second-order valence-corrected chi connectivity index (χ2v) is 5.83. The first-order valence-corrected chi connectivity index (χ1v) is 7.26. The maximum absolute atomic E-state index is 12.2. The Labute approximate surface area is 122 Å². The lowest BCUT2D eigenvalue weighted by atomic mass is 10.1. The molecule has 3 N–H and O–H groups in total. The van der Waals surface area contributed by atoms with Crippen molar-refractivity contribution < 1.29 is 4.79 Å². The number of rotatable bonds is 7. The van der Waals surface area contributed by atoms with Crippen LogP contribution in [-0.4, -0.2) is 29.9 Å². The Morgan fingerprint density at radius 3 is 2.45 bits per heavy atom. The van der Waals surface area contributed by atoms with Crippen molar-refractivity contribution in [3.8, 4) is 0 Å². The number of anilines is 1. The van der Waals surface area contributed by atoms with Gasteiger partial charge in [-0.3, -0.25) is 9.69 Å². The van der Waals surface area contributed by atoms with Crippen molar-refractivity contribution in [3.63, 3.8) is 0 Å². The summed E-state index contributed by atoms with van der Waals surface area (Å²) < 4.78 is 0. The van der Waals surface area contributed by atoms with Crippen molar-refractivity contribution in [3.05, 3.63) is 29.8 Å². The number of carbonyl (C=O) groups is 1. The van der Waals surface area contributed by atoms with Crippen LogP contribution in [0.25, 0.3) is 0 Å². The summed E-state index contributed by atoms with van der Waals surface area (Å²) >= 11 is 0. The van der Waals surface area contributed by atoms with Crippen molar-refractivity contribution >= 4 is 11.6 Å². The number of hydrogen-bond acceptors (Lipinski definition) is 3. The summed E-state index contributed by atoms with van der Waals surface area (Å²) in [5, 5.41) is 2.96. The van der Waals surface area contributed by atoms with Crippen LogP contribution >= 0.6 is 0 Å². The van der Waals surface area contributed by atoms with Gasteiger partial charge in [-0.25, -0.2) is 0 Å². The molecule has 20 heavy (non-hydrogen) atoms. The van der Waals surface area contributed by atoms with Gasteiger partial charge in [0.1, 0.15) is 0 Å². The molecule has 0 aliphatic heterocycles. The molecule has 0 bridgehead atoms. The summed E-state index contributed by atoms with van der Waals surface area (Å²) in [5.41, 5.74) is 7.45. The SMILES string of the molecule is CC(C)CN(CC(=O)Nc1ccccc1CN)C(C)C. The van der Waals surface area contributed by atoms with Crippen molar-refractivity contribution in [1.82, 2.24) is 4.90 Å². The highest BCUT2D eigenvalue weighted by molar-refractivity contribution is 5.93. The Morgan fingerprint density at radius 2 is 1.90 bits per heavy atom. The fourth-order valence-electron chi connectivity index (χ4n) is 2.12. The second kappa shape index (κ2) is 8.02. The quantitative estimate of drug-likeness (QED) is 0.805. The highest BCUT2D eigenvalue weighted by Gasteiger charge is 2.15. The van der Waals surface area contributed by atoms with Crippen LogP contribution in [0, 0.1) is 5.92 Å². The second-order valence-electron chi connectivity index (χ2n) is 5.83. The minimum Gasteiger partial charge on any atom is -0.326 e. The Balaban J connectivity index is 2.65. The first-order chi connectivity index (χ1) is 9.43. The predicted molar refractivity (Wildman–Crippen MR) is 84.5 cm³/mol. The lowest BCUT2D eigenvalue weighted by Crippen LogP contribution is -2.40. The lowest BCUT2D eigenvalue weighted by Gasteiger charge is -2.27. The number of amides is 1. The predicted octanol–water partition coefficient (Wildman–Crippen LogP) is 2.45. The first-order valence-electron chi connectivity index (χ1n) is 7.26. The van der Waals surface area contributed by atoms with E-state index in [0.29, 0.717) is 25.0 Å². The molecular weight excluding hydrogens is 250 g/mol. The third kappa shape index (κ3) is 5.31. The molecule has 0 aliphatic carbocycles. The van der Waals surface area contributed by atoms with Gasteiger partial charge in [-0.1, -0.05) is 32.0 Å². The van der Waals surface area contributed by atoms with E-state index in [-0.39, 0.29) is 5.91 Å². The molecule has 4 heteroatoms. The summed E-state index contributed by atoms with van der Waals surface area (Å²) in [7, 11) is 0. The maximum atomic E-state index is 12.2. The molecule has 0 radical (unpaired) electrons. The van der Waals surface area contributed by atoms with E-state index in [9.17, 15) is 4.79 Å². The average molecular weight is 277 g/mol. The summed E-state index contributed by atoms with van der Waals surface area (Å²) in [5.74, 6) is 0.557. The summed E-state index contributed by atoms with van der Waals surface area (Å²) in [6.45, 7) is 10.3. The van der Waals surface area contributed by atoms with Crippen LogP contribution < -0.4 is 11.1 Å². The van der Waals surface area contributed by atoms with Gasteiger partial charge in [0, 0.05) is 24.8 Å². The van der Waals surface area contributed by atoms with E-state index in [2.05, 4.69) is 37.9 Å². The van der Waals surface area contributed by atoms with E-state index in [1.165, 1.54) is 0 Å². The van der Waals surface area contributed by atoms with Gasteiger partial charge in [-0.05, 0) is 31.4 Å². The van der Waals surface area contributed by atoms with Gasteiger partial charge in [0.2, 0.25) is 5.91 Å². The minimum atomic E-state index is 0.0141. The molecule has 0 saturated heterocycles. The molecule has 0 saturated carbocycles. The topological polar surface area (TPSA) is 58.4 Å². The van der Waals surface area contributed by atoms with Crippen molar-refractivity contribution in [2.75, 3.05) is 18.4 Å². The molecule has 1 amide bonds. The molecule has 0 aliphatic rings. The number of nitrogens with zero attached hydrogens (tertiary/aromatic N) is 1. The van der Waals surface area contributed by atoms with E-state index in [1.54, 1.807) is 0 Å². The lowest BCUT2D eigenvalue weighted by molar-refractivity contribution is -0.117. The van der Waals surface area contributed by atoms with Crippen molar-refractivity contribution in [2.45, 2.75) is 40.3 Å². The van der Waals surface area contributed by atoms with Crippen LogP contribution in [0.15, 0.2) is 24.3 Å². The Kier molecular flexibility index (Phi) is 6.68. The molecule has 4 nitrogen and oxygen atoms in total. The molecule has 0 aromatic heterocycles. The number of nitrogens with one attached hydrogen (secondary N) is 1. The zero-order valence-corrected chi connectivity index (χ0v) is 13.0. The average Bonchev–Trinajstić information content (AvgIpc) is 2.37. The molecule has 1 rings (SSSR count). The zero-order valence-electron chi connectivity index (χ0n) is 13.0. The fourth-order valence-corrected chi connectivity index (χ4v) is 2.12. The summed E-state index contributed by atoms with van der Waals surface area (Å²) in [4.78, 5) is 14.4. The molecule has 112 valence electrons. The van der Waals surface area contributed by atoms with Gasteiger partial charge < -0.3 is 11.1 Å². The van der Waals surface area contributed by atoms with Crippen molar-refractivity contribution in [1.29, 1.82) is 0 Å². The molecule has 1 aromatic carbocycles. The Hall–Kier alpha value is -1.39. The fraction of sp³-hybridized carbons (Fsp3) is 0.562. The van der Waals surface area contributed by atoms with Crippen LogP contribution in [-0.2, 0) is 11.3 Å². The van der Waals surface area contributed by atoms with E-state index in [1.807, 2.05) is 24.3 Å². The standard InChI is InChI=1S/C16H27N3O/c1-12(2)10-19(13(3)4)11-16(20)18-15-8-6-5-7-14(15)9-17/h5-8,12-13H,9-11,17H2,1-4H3,(H,18,20). The van der Waals surface area contributed by atoms with Crippen LogP contribution in [0.5, 0.6) is 0 Å². The molecule has 0 unspecified atom stereocenters. The number of hydrogen-bond donors (Lipinski definition) is 2. The number of benzene rings is 1. The number of carbonyl (C=O) groups excluding carboxylic acids is 1. The van der Waals surface area contributed by atoms with Gasteiger partial charge in [0.15, 0.2) is 0 Å². The van der Waals surface area contributed by atoms with Crippen LogP contribution in [0.1, 0.15) is 33.3 Å². The van der Waals surface area contributed by atoms with Gasteiger partial charge in [0.05, 0.1) is 6.54 Å². The van der Waals surface area contributed by atoms with Gasteiger partial charge in [-0.15, -0.1) is 0 Å². The van der Waals surface area contributed by atoms with E-state index in [4.69, 9.17) is 5.73 Å². The maximum Gasteiger partial charge on any atom is 0.238 e. The minimum absolute atomic E-state index is 0.0141.